The zero-order valence-electron chi connectivity index (χ0n) is 17.4. The molecule has 0 saturated carbocycles. The Hall–Kier alpha value is -1.87. The van der Waals surface area contributed by atoms with Gasteiger partial charge >= 0.3 is 25.7 Å². The summed E-state index contributed by atoms with van der Waals surface area (Å²) >= 11 is 30.0. The van der Waals surface area contributed by atoms with Gasteiger partial charge in [0.05, 0.1) is 52.9 Å². The Morgan fingerprint density at radius 3 is 1.51 bits per heavy atom. The lowest BCUT2D eigenvalue weighted by Crippen LogP contribution is -2.21. The highest BCUT2D eigenvalue weighted by atomic mass is 35.5. The standard InChI is InChI=1S/C22H7Cl5F6O3P/c23-14-13(15(24)17(26)18(27)16(14)25)19(34)8-4-1-2-7-11(8)37(36)20(35)12-9(21(28,29)30)5-3-6-10(12)22(31,32)33/h1-7H/q+1. The Kier molecular flexibility index (Phi) is 8.60. The summed E-state index contributed by atoms with van der Waals surface area (Å²) in [6, 6.07) is 5.30. The van der Waals surface area contributed by atoms with Crippen LogP contribution in [0.25, 0.3) is 0 Å². The minimum absolute atomic E-state index is 0.250. The topological polar surface area (TPSA) is 51.2 Å². The molecule has 1 unspecified atom stereocenters. The van der Waals surface area contributed by atoms with Crippen molar-refractivity contribution in [2.24, 2.45) is 0 Å². The molecule has 3 rings (SSSR count). The van der Waals surface area contributed by atoms with E-state index in [1.165, 1.54) is 6.07 Å². The van der Waals surface area contributed by atoms with Crippen LogP contribution in [0.3, 0.4) is 0 Å². The number of rotatable bonds is 5. The van der Waals surface area contributed by atoms with E-state index < -0.39 is 74.6 Å². The van der Waals surface area contributed by atoms with E-state index in [9.17, 15) is 40.5 Å². The molecule has 0 aromatic heterocycles. The number of carbonyl (C=O) groups is 2. The molecule has 0 radical (unpaired) electrons. The molecule has 0 saturated heterocycles. The molecule has 0 heterocycles. The van der Waals surface area contributed by atoms with Crippen molar-refractivity contribution < 1.29 is 40.5 Å². The van der Waals surface area contributed by atoms with Crippen LogP contribution < -0.4 is 5.30 Å². The van der Waals surface area contributed by atoms with Crippen LogP contribution in [-0.2, 0) is 16.9 Å². The molecular formula is C22H7Cl5F6O3P+. The van der Waals surface area contributed by atoms with Crippen molar-refractivity contribution in [2.75, 3.05) is 0 Å². The van der Waals surface area contributed by atoms with E-state index >= 15 is 0 Å². The van der Waals surface area contributed by atoms with Crippen molar-refractivity contribution in [3.8, 4) is 0 Å². The third-order valence-electron chi connectivity index (χ3n) is 4.88. The van der Waals surface area contributed by atoms with Crippen molar-refractivity contribution in [3.63, 3.8) is 0 Å². The first-order chi connectivity index (χ1) is 17.0. The quantitative estimate of drug-likeness (QED) is 0.0917. The van der Waals surface area contributed by atoms with Gasteiger partial charge in [0.1, 0.15) is 0 Å². The molecule has 0 aliphatic rings. The van der Waals surface area contributed by atoms with Crippen LogP contribution in [0.15, 0.2) is 42.5 Å². The monoisotopic (exact) mass is 639 g/mol. The summed E-state index contributed by atoms with van der Waals surface area (Å²) in [5.74, 6) is -1.12. The van der Waals surface area contributed by atoms with Gasteiger partial charge in [-0.3, -0.25) is 4.79 Å². The fourth-order valence-electron chi connectivity index (χ4n) is 3.25. The van der Waals surface area contributed by atoms with Crippen molar-refractivity contribution in [1.29, 1.82) is 0 Å². The van der Waals surface area contributed by atoms with E-state index in [0.29, 0.717) is 6.07 Å². The Morgan fingerprint density at radius 2 is 1.05 bits per heavy atom. The Morgan fingerprint density at radius 1 is 0.622 bits per heavy atom. The molecule has 1 atom stereocenters. The van der Waals surface area contributed by atoms with Crippen LogP contribution in [0.5, 0.6) is 0 Å². The fourth-order valence-corrected chi connectivity index (χ4v) is 5.84. The summed E-state index contributed by atoms with van der Waals surface area (Å²) in [5, 5.41) is -2.70. The van der Waals surface area contributed by atoms with E-state index in [0.717, 1.165) is 18.2 Å². The smallest absolute Gasteiger partial charge is 0.288 e. The molecule has 194 valence electrons. The van der Waals surface area contributed by atoms with Crippen molar-refractivity contribution in [2.45, 2.75) is 12.4 Å². The second kappa shape index (κ2) is 10.7. The van der Waals surface area contributed by atoms with Crippen LogP contribution in [0.4, 0.5) is 26.3 Å². The maximum absolute atomic E-state index is 13.5. The van der Waals surface area contributed by atoms with Gasteiger partial charge in [0, 0.05) is 0 Å². The summed E-state index contributed by atoms with van der Waals surface area (Å²) in [4.78, 5) is 26.3. The molecule has 15 heteroatoms. The van der Waals surface area contributed by atoms with E-state index in [-0.39, 0.29) is 27.2 Å². The molecule has 0 aliphatic heterocycles. The average molecular weight is 642 g/mol. The van der Waals surface area contributed by atoms with Crippen LogP contribution in [0, 0.1) is 0 Å². The summed E-state index contributed by atoms with van der Waals surface area (Å²) in [6.07, 6.45) is -10.8. The first kappa shape index (κ1) is 29.7. The summed E-state index contributed by atoms with van der Waals surface area (Å²) in [7, 11) is -3.71. The minimum Gasteiger partial charge on any atom is -0.288 e. The van der Waals surface area contributed by atoms with Gasteiger partial charge in [0.2, 0.25) is 11.1 Å². The molecule has 0 fully saturated rings. The molecule has 37 heavy (non-hydrogen) atoms. The van der Waals surface area contributed by atoms with Gasteiger partial charge in [-0.25, -0.2) is 4.79 Å². The molecule has 0 aliphatic carbocycles. The third kappa shape index (κ3) is 5.63. The Bertz CT molecular complexity index is 1410. The Labute approximate surface area is 230 Å². The van der Waals surface area contributed by atoms with Crippen molar-refractivity contribution >= 4 is 82.4 Å². The van der Waals surface area contributed by atoms with Crippen LogP contribution in [0.2, 0.25) is 25.1 Å². The van der Waals surface area contributed by atoms with Crippen LogP contribution >= 0.6 is 65.8 Å². The number of halogens is 11. The average Bonchev–Trinajstić information content (AvgIpc) is 2.83. The lowest BCUT2D eigenvalue weighted by atomic mass is 10.0. The molecule has 0 bridgehead atoms. The van der Waals surface area contributed by atoms with Gasteiger partial charge in [-0.1, -0.05) is 80.8 Å². The van der Waals surface area contributed by atoms with Gasteiger partial charge in [0.25, 0.3) is 0 Å². The summed E-state index contributed by atoms with van der Waals surface area (Å²) in [6.45, 7) is 0. The van der Waals surface area contributed by atoms with E-state index in [1.54, 1.807) is 0 Å². The first-order valence-electron chi connectivity index (χ1n) is 9.44. The number of ketones is 1. The zero-order chi connectivity index (χ0) is 28.0. The maximum atomic E-state index is 13.5. The molecule has 0 amide bonds. The van der Waals surface area contributed by atoms with Crippen LogP contribution in [0.1, 0.15) is 37.4 Å². The minimum atomic E-state index is -5.39. The molecular weight excluding hydrogens is 634 g/mol. The number of carbonyl (C=O) groups excluding carboxylic acids is 2. The lowest BCUT2D eigenvalue weighted by molar-refractivity contribution is -0.143. The largest absolute Gasteiger partial charge is 0.459 e. The van der Waals surface area contributed by atoms with Gasteiger partial charge in [-0.05, 0) is 24.3 Å². The second-order valence-corrected chi connectivity index (χ2v) is 10.5. The first-order valence-corrected chi connectivity index (χ1v) is 12.6. The number of hydrogen-bond acceptors (Lipinski definition) is 3. The summed E-state index contributed by atoms with van der Waals surface area (Å²) in [5.41, 5.74) is -8.84. The van der Waals surface area contributed by atoms with Crippen molar-refractivity contribution in [3.05, 3.63) is 95.4 Å². The molecule has 3 aromatic rings. The van der Waals surface area contributed by atoms with E-state index in [2.05, 4.69) is 0 Å². The highest BCUT2D eigenvalue weighted by Crippen LogP contribution is 2.46. The highest BCUT2D eigenvalue weighted by molar-refractivity contribution is 7.71. The second-order valence-electron chi connectivity index (χ2n) is 7.11. The van der Waals surface area contributed by atoms with Crippen LogP contribution in [-0.4, -0.2) is 11.3 Å². The number of benzene rings is 3. The van der Waals surface area contributed by atoms with E-state index in [1.807, 2.05) is 0 Å². The normalized spacial score (nSPS) is 12.5. The van der Waals surface area contributed by atoms with Gasteiger partial charge in [-0.2, -0.15) is 26.3 Å². The number of hydrogen-bond donors (Lipinski definition) is 0. The number of alkyl halides is 6. The Balaban J connectivity index is 2.23. The van der Waals surface area contributed by atoms with Gasteiger partial charge in [0.15, 0.2) is 0 Å². The van der Waals surface area contributed by atoms with Crippen molar-refractivity contribution in [1.82, 2.24) is 0 Å². The molecule has 3 nitrogen and oxygen atoms in total. The summed E-state index contributed by atoms with van der Waals surface area (Å²) < 4.78 is 94.4. The zero-order valence-corrected chi connectivity index (χ0v) is 22.0. The lowest BCUT2D eigenvalue weighted by Gasteiger charge is -2.15. The molecule has 3 aromatic carbocycles. The van der Waals surface area contributed by atoms with Gasteiger partial charge in [-0.15, -0.1) is 0 Å². The maximum Gasteiger partial charge on any atom is 0.459 e. The molecule has 0 spiro atoms. The predicted molar refractivity (Wildman–Crippen MR) is 129 cm³/mol. The van der Waals surface area contributed by atoms with E-state index in [4.69, 9.17) is 58.0 Å². The predicted octanol–water partition coefficient (Wildman–Crippen LogP) is 9.52. The highest BCUT2D eigenvalue weighted by Gasteiger charge is 2.49. The third-order valence-corrected chi connectivity index (χ3v) is 8.57. The molecule has 0 N–H and O–H groups in total. The van der Waals surface area contributed by atoms with Gasteiger partial charge < -0.3 is 0 Å². The fraction of sp³-hybridized carbons (Fsp3) is 0.0909. The SMILES string of the molecule is O=C(c1ccccc1[P+](=O)C(=O)c1c(C(F)(F)F)cccc1C(F)(F)F)c1c(Cl)c(Cl)c(Cl)c(Cl)c1Cl.